The van der Waals surface area contributed by atoms with Crippen molar-refractivity contribution in [1.29, 1.82) is 0 Å². The fourth-order valence-electron chi connectivity index (χ4n) is 3.13. The Hall–Kier alpha value is -2.53. The predicted octanol–water partition coefficient (Wildman–Crippen LogP) is 3.47. The van der Waals surface area contributed by atoms with E-state index in [-0.39, 0.29) is 0 Å². The number of benzene rings is 1. The number of nitrogens with one attached hydrogen (secondary N) is 1. The molecule has 144 valence electrons. The highest BCUT2D eigenvalue weighted by Gasteiger charge is 2.12. The lowest BCUT2D eigenvalue weighted by atomic mass is 10.0. The van der Waals surface area contributed by atoms with Crippen molar-refractivity contribution in [2.75, 3.05) is 13.2 Å². The summed E-state index contributed by atoms with van der Waals surface area (Å²) in [6, 6.07) is 11.9. The van der Waals surface area contributed by atoms with Crippen LogP contribution in [0.4, 0.5) is 0 Å². The Labute approximate surface area is 161 Å². The van der Waals surface area contributed by atoms with E-state index >= 15 is 0 Å². The monoisotopic (exact) mass is 367 g/mol. The van der Waals surface area contributed by atoms with Crippen LogP contribution in [0.1, 0.15) is 36.1 Å². The van der Waals surface area contributed by atoms with Gasteiger partial charge in [-0.25, -0.2) is 0 Å². The van der Waals surface area contributed by atoms with E-state index in [0.29, 0.717) is 19.1 Å². The summed E-state index contributed by atoms with van der Waals surface area (Å²) < 4.78 is 11.6. The Balaban J connectivity index is 1.52. The second kappa shape index (κ2) is 9.97. The molecule has 2 heterocycles. The molecule has 3 rings (SSSR count). The molecule has 2 aromatic rings. The fraction of sp³-hybridized carbons (Fsp3) is 0.409. The summed E-state index contributed by atoms with van der Waals surface area (Å²) in [5, 5.41) is 3.30. The van der Waals surface area contributed by atoms with Crippen LogP contribution in [0.3, 0.4) is 0 Å². The standard InChI is InChI=1S/C22H29N3O2/c1-17-8-9-21(27-16-20-6-2-4-10-25-20)13-18(17)12-19(23)14-24-15-22-7-3-5-11-26-22/h2,4,6,8-10,13-14,22,24H,3,5,7,11-12,15-16,23H2,1H3/b19-14-. The van der Waals surface area contributed by atoms with E-state index in [0.717, 1.165) is 42.3 Å². The van der Waals surface area contributed by atoms with Crippen LogP contribution in [-0.2, 0) is 17.8 Å². The van der Waals surface area contributed by atoms with Crippen molar-refractivity contribution in [2.45, 2.75) is 45.3 Å². The first-order chi connectivity index (χ1) is 13.2. The van der Waals surface area contributed by atoms with Gasteiger partial charge < -0.3 is 20.5 Å². The Morgan fingerprint density at radius 1 is 1.33 bits per heavy atom. The van der Waals surface area contributed by atoms with Crippen LogP contribution in [0.25, 0.3) is 0 Å². The number of nitrogens with zero attached hydrogens (tertiary/aromatic N) is 1. The molecule has 1 fully saturated rings. The lowest BCUT2D eigenvalue weighted by molar-refractivity contribution is 0.0188. The second-order valence-electron chi connectivity index (χ2n) is 6.99. The topological polar surface area (TPSA) is 69.4 Å². The van der Waals surface area contributed by atoms with E-state index in [9.17, 15) is 0 Å². The molecule has 1 saturated heterocycles. The summed E-state index contributed by atoms with van der Waals surface area (Å²) in [5.41, 5.74) is 10.3. The van der Waals surface area contributed by atoms with Gasteiger partial charge in [0.1, 0.15) is 12.4 Å². The molecule has 0 saturated carbocycles. The van der Waals surface area contributed by atoms with Crippen molar-refractivity contribution in [3.8, 4) is 5.75 Å². The maximum atomic E-state index is 6.21. The summed E-state index contributed by atoms with van der Waals surface area (Å²) >= 11 is 0. The highest BCUT2D eigenvalue weighted by molar-refractivity contribution is 5.37. The zero-order valence-electron chi connectivity index (χ0n) is 16.0. The summed E-state index contributed by atoms with van der Waals surface area (Å²) in [4.78, 5) is 4.28. The number of rotatable bonds is 8. The molecule has 1 unspecified atom stereocenters. The first kappa shape index (κ1) is 19.2. The first-order valence-corrected chi connectivity index (χ1v) is 9.62. The normalized spacial score (nSPS) is 17.5. The van der Waals surface area contributed by atoms with Gasteiger partial charge in [-0.3, -0.25) is 4.98 Å². The number of ether oxygens (including phenoxy) is 2. The van der Waals surface area contributed by atoms with Gasteiger partial charge in [-0.1, -0.05) is 12.1 Å². The Morgan fingerprint density at radius 2 is 2.26 bits per heavy atom. The van der Waals surface area contributed by atoms with Gasteiger partial charge in [-0.2, -0.15) is 0 Å². The van der Waals surface area contributed by atoms with Crippen LogP contribution >= 0.6 is 0 Å². The Morgan fingerprint density at radius 3 is 3.04 bits per heavy atom. The van der Waals surface area contributed by atoms with Gasteiger partial charge in [-0.15, -0.1) is 0 Å². The van der Waals surface area contributed by atoms with Gasteiger partial charge in [-0.05, 0) is 61.6 Å². The Kier molecular flexibility index (Phi) is 7.11. The number of nitrogens with two attached hydrogens (primary N) is 1. The predicted molar refractivity (Wildman–Crippen MR) is 107 cm³/mol. The lowest BCUT2D eigenvalue weighted by Crippen LogP contribution is -2.29. The molecule has 27 heavy (non-hydrogen) atoms. The van der Waals surface area contributed by atoms with Crippen LogP contribution < -0.4 is 15.8 Å². The largest absolute Gasteiger partial charge is 0.487 e. The van der Waals surface area contributed by atoms with E-state index in [4.69, 9.17) is 15.2 Å². The molecule has 1 aliphatic heterocycles. The Bertz CT molecular complexity index is 740. The number of pyridine rings is 1. The molecular weight excluding hydrogens is 338 g/mol. The van der Waals surface area contributed by atoms with E-state index < -0.39 is 0 Å². The van der Waals surface area contributed by atoms with Gasteiger partial charge >= 0.3 is 0 Å². The molecule has 3 N–H and O–H groups in total. The molecule has 1 aromatic carbocycles. The molecule has 0 bridgehead atoms. The van der Waals surface area contributed by atoms with Gasteiger partial charge in [0.2, 0.25) is 0 Å². The van der Waals surface area contributed by atoms with Crippen LogP contribution in [0.15, 0.2) is 54.5 Å². The molecule has 1 aromatic heterocycles. The highest BCUT2D eigenvalue weighted by atomic mass is 16.5. The zero-order valence-corrected chi connectivity index (χ0v) is 16.0. The van der Waals surface area contributed by atoms with E-state index in [2.05, 4.69) is 29.4 Å². The summed E-state index contributed by atoms with van der Waals surface area (Å²) in [5.74, 6) is 0.831. The van der Waals surface area contributed by atoms with Crippen molar-refractivity contribution in [1.82, 2.24) is 10.3 Å². The third-order valence-electron chi connectivity index (χ3n) is 4.74. The van der Waals surface area contributed by atoms with Crippen molar-refractivity contribution < 1.29 is 9.47 Å². The molecule has 5 nitrogen and oxygen atoms in total. The number of hydrogen-bond acceptors (Lipinski definition) is 5. The zero-order chi connectivity index (χ0) is 18.9. The van der Waals surface area contributed by atoms with Gasteiger partial charge in [0.05, 0.1) is 11.8 Å². The van der Waals surface area contributed by atoms with Crippen molar-refractivity contribution in [3.63, 3.8) is 0 Å². The van der Waals surface area contributed by atoms with Crippen LogP contribution in [0.2, 0.25) is 0 Å². The number of aromatic nitrogens is 1. The maximum Gasteiger partial charge on any atom is 0.130 e. The fourth-order valence-corrected chi connectivity index (χ4v) is 3.13. The third-order valence-corrected chi connectivity index (χ3v) is 4.74. The molecule has 0 radical (unpaired) electrons. The van der Waals surface area contributed by atoms with Crippen molar-refractivity contribution in [3.05, 3.63) is 71.3 Å². The average molecular weight is 367 g/mol. The average Bonchev–Trinajstić information content (AvgIpc) is 2.70. The molecule has 1 atom stereocenters. The van der Waals surface area contributed by atoms with Crippen LogP contribution in [-0.4, -0.2) is 24.2 Å². The quantitative estimate of drug-likeness (QED) is 0.748. The van der Waals surface area contributed by atoms with E-state index in [1.54, 1.807) is 6.20 Å². The van der Waals surface area contributed by atoms with Gasteiger partial charge in [0.15, 0.2) is 0 Å². The molecule has 0 spiro atoms. The van der Waals surface area contributed by atoms with Crippen molar-refractivity contribution in [2.24, 2.45) is 5.73 Å². The minimum absolute atomic E-state index is 0.299. The van der Waals surface area contributed by atoms with E-state index in [1.165, 1.54) is 18.4 Å². The second-order valence-corrected chi connectivity index (χ2v) is 6.99. The lowest BCUT2D eigenvalue weighted by Gasteiger charge is -2.22. The third kappa shape index (κ3) is 6.29. The minimum atomic E-state index is 0.299. The van der Waals surface area contributed by atoms with E-state index in [1.807, 2.05) is 30.5 Å². The molecule has 0 amide bonds. The summed E-state index contributed by atoms with van der Waals surface area (Å²) in [7, 11) is 0. The molecule has 0 aliphatic carbocycles. The number of aryl methyl sites for hydroxylation is 1. The minimum Gasteiger partial charge on any atom is -0.487 e. The highest BCUT2D eigenvalue weighted by Crippen LogP contribution is 2.20. The van der Waals surface area contributed by atoms with Gasteiger partial charge in [0, 0.05) is 37.7 Å². The van der Waals surface area contributed by atoms with Crippen LogP contribution in [0.5, 0.6) is 5.75 Å². The summed E-state index contributed by atoms with van der Waals surface area (Å²) in [6.07, 6.45) is 8.20. The number of allylic oxidation sites excluding steroid dienone is 1. The van der Waals surface area contributed by atoms with Crippen molar-refractivity contribution >= 4 is 0 Å². The summed E-state index contributed by atoms with van der Waals surface area (Å²) in [6.45, 7) is 4.23. The number of hydrogen-bond donors (Lipinski definition) is 2. The molecule has 5 heteroatoms. The first-order valence-electron chi connectivity index (χ1n) is 9.62. The maximum absolute atomic E-state index is 6.21. The SMILES string of the molecule is Cc1ccc(OCc2ccccn2)cc1C/C(N)=C/NCC1CCCCO1. The molecular formula is C22H29N3O2. The molecule has 1 aliphatic rings. The smallest absolute Gasteiger partial charge is 0.130 e. The van der Waals surface area contributed by atoms with Crippen LogP contribution in [0, 0.1) is 6.92 Å². The van der Waals surface area contributed by atoms with Gasteiger partial charge in [0.25, 0.3) is 0 Å².